The Bertz CT molecular complexity index is 498. The summed E-state index contributed by atoms with van der Waals surface area (Å²) in [5, 5.41) is 11.2. The first kappa shape index (κ1) is 14.6. The van der Waals surface area contributed by atoms with E-state index in [1.807, 2.05) is 0 Å². The van der Waals surface area contributed by atoms with E-state index >= 15 is 0 Å². The molecule has 0 saturated carbocycles. The van der Waals surface area contributed by atoms with Crippen LogP contribution in [-0.4, -0.2) is 52.9 Å². The first-order valence-electron chi connectivity index (χ1n) is 5.56. The molecule has 1 unspecified atom stereocenters. The van der Waals surface area contributed by atoms with E-state index in [1.165, 1.54) is 39.3 Å². The van der Waals surface area contributed by atoms with Gasteiger partial charge < -0.3 is 15.3 Å². The molecule has 2 N–H and O–H groups in total. The van der Waals surface area contributed by atoms with Crippen molar-refractivity contribution in [3.63, 3.8) is 0 Å². The smallest absolute Gasteiger partial charge is 0.326 e. The van der Waals surface area contributed by atoms with Crippen LogP contribution in [0.2, 0.25) is 0 Å². The van der Waals surface area contributed by atoms with E-state index in [0.717, 1.165) is 4.90 Å². The second kappa shape index (κ2) is 5.94. The molecule has 0 saturated heterocycles. The standard InChI is InChI=1S/C12H15N3O4/c1-7(12(18)19)15(3)11(17)8-4-5-9(14-6-8)10(16)13-2/h4-7H,1-3H3,(H,13,16)(H,18,19). The molecule has 0 aliphatic carbocycles. The predicted octanol–water partition coefficient (Wildman–Crippen LogP) is -0.0137. The molecule has 0 radical (unpaired) electrons. The number of hydrogen-bond acceptors (Lipinski definition) is 4. The zero-order valence-corrected chi connectivity index (χ0v) is 10.9. The van der Waals surface area contributed by atoms with Gasteiger partial charge in [-0.1, -0.05) is 0 Å². The number of carboxylic acid groups (broad SMARTS) is 1. The summed E-state index contributed by atoms with van der Waals surface area (Å²) in [6.07, 6.45) is 1.25. The van der Waals surface area contributed by atoms with E-state index in [0.29, 0.717) is 0 Å². The maximum Gasteiger partial charge on any atom is 0.326 e. The summed E-state index contributed by atoms with van der Waals surface area (Å²) in [5.74, 6) is -1.91. The fourth-order valence-electron chi connectivity index (χ4n) is 1.33. The van der Waals surface area contributed by atoms with Crippen LogP contribution in [0.25, 0.3) is 0 Å². The van der Waals surface area contributed by atoms with Gasteiger partial charge in [-0.15, -0.1) is 0 Å². The van der Waals surface area contributed by atoms with Crippen molar-refractivity contribution in [3.8, 4) is 0 Å². The Balaban J connectivity index is 2.89. The van der Waals surface area contributed by atoms with E-state index < -0.39 is 17.9 Å². The number of nitrogens with zero attached hydrogens (tertiary/aromatic N) is 2. The lowest BCUT2D eigenvalue weighted by atomic mass is 10.2. The van der Waals surface area contributed by atoms with Crippen LogP contribution in [0.3, 0.4) is 0 Å². The molecule has 0 aliphatic heterocycles. The average molecular weight is 265 g/mol. The van der Waals surface area contributed by atoms with Crippen molar-refractivity contribution < 1.29 is 19.5 Å². The Morgan fingerprint density at radius 2 is 2.00 bits per heavy atom. The summed E-state index contributed by atoms with van der Waals surface area (Å²) in [6.45, 7) is 1.41. The van der Waals surface area contributed by atoms with Gasteiger partial charge in [0.2, 0.25) is 0 Å². The highest BCUT2D eigenvalue weighted by Crippen LogP contribution is 2.07. The van der Waals surface area contributed by atoms with Crippen molar-refractivity contribution in [1.82, 2.24) is 15.2 Å². The molecule has 7 heteroatoms. The van der Waals surface area contributed by atoms with Gasteiger partial charge in [-0.3, -0.25) is 14.6 Å². The zero-order chi connectivity index (χ0) is 14.6. The van der Waals surface area contributed by atoms with E-state index in [1.54, 1.807) is 0 Å². The maximum atomic E-state index is 12.0. The fraction of sp³-hybridized carbons (Fsp3) is 0.333. The SMILES string of the molecule is CNC(=O)c1ccc(C(=O)N(C)C(C)C(=O)O)cn1. The number of likely N-dealkylation sites (N-methyl/N-ethyl adjacent to an activating group) is 1. The van der Waals surface area contributed by atoms with Crippen LogP contribution in [0.4, 0.5) is 0 Å². The Morgan fingerprint density at radius 3 is 2.42 bits per heavy atom. The molecule has 1 heterocycles. The molecule has 0 fully saturated rings. The third kappa shape index (κ3) is 3.27. The van der Waals surface area contributed by atoms with Gasteiger partial charge in [0.05, 0.1) is 5.56 Å². The monoisotopic (exact) mass is 265 g/mol. The Kier molecular flexibility index (Phi) is 4.57. The van der Waals surface area contributed by atoms with Crippen molar-refractivity contribution in [1.29, 1.82) is 0 Å². The number of aliphatic carboxylic acids is 1. The molecule has 0 spiro atoms. The van der Waals surface area contributed by atoms with Gasteiger partial charge >= 0.3 is 5.97 Å². The quantitative estimate of drug-likeness (QED) is 0.797. The van der Waals surface area contributed by atoms with Crippen molar-refractivity contribution >= 4 is 17.8 Å². The fourth-order valence-corrected chi connectivity index (χ4v) is 1.33. The summed E-state index contributed by atoms with van der Waals surface area (Å²) in [5.41, 5.74) is 0.413. The minimum Gasteiger partial charge on any atom is -0.480 e. The molecule has 19 heavy (non-hydrogen) atoms. The number of hydrogen-bond donors (Lipinski definition) is 2. The molecule has 1 aromatic heterocycles. The lowest BCUT2D eigenvalue weighted by Gasteiger charge is -2.21. The Labute approximate surface area is 110 Å². The summed E-state index contributed by atoms with van der Waals surface area (Å²) in [4.78, 5) is 39.0. The summed E-state index contributed by atoms with van der Waals surface area (Å²) in [6, 6.07) is 1.90. The number of carbonyl (C=O) groups is 3. The highest BCUT2D eigenvalue weighted by atomic mass is 16.4. The average Bonchev–Trinajstić information content (AvgIpc) is 2.44. The number of pyridine rings is 1. The highest BCUT2D eigenvalue weighted by molar-refractivity contribution is 5.97. The van der Waals surface area contributed by atoms with Crippen molar-refractivity contribution in [3.05, 3.63) is 29.6 Å². The van der Waals surface area contributed by atoms with E-state index in [2.05, 4.69) is 10.3 Å². The van der Waals surface area contributed by atoms with Crippen LogP contribution in [0, 0.1) is 0 Å². The molecule has 2 amide bonds. The molecule has 0 bridgehead atoms. The number of carboxylic acids is 1. The van der Waals surface area contributed by atoms with Gasteiger partial charge in [0.15, 0.2) is 0 Å². The number of amides is 2. The highest BCUT2D eigenvalue weighted by Gasteiger charge is 2.23. The van der Waals surface area contributed by atoms with Gasteiger partial charge in [-0.2, -0.15) is 0 Å². The molecule has 0 aliphatic rings. The molecule has 1 aromatic rings. The molecule has 1 rings (SSSR count). The van der Waals surface area contributed by atoms with E-state index in [-0.39, 0.29) is 17.2 Å². The molecule has 1 atom stereocenters. The first-order chi connectivity index (χ1) is 8.88. The Hall–Kier alpha value is -2.44. The van der Waals surface area contributed by atoms with Crippen LogP contribution in [0.15, 0.2) is 18.3 Å². The van der Waals surface area contributed by atoms with Crippen LogP contribution in [0.5, 0.6) is 0 Å². The van der Waals surface area contributed by atoms with Crippen molar-refractivity contribution in [2.45, 2.75) is 13.0 Å². The second-order valence-electron chi connectivity index (χ2n) is 3.94. The van der Waals surface area contributed by atoms with E-state index in [9.17, 15) is 14.4 Å². The maximum absolute atomic E-state index is 12.0. The number of nitrogens with one attached hydrogen (secondary N) is 1. The lowest BCUT2D eigenvalue weighted by Crippen LogP contribution is -2.40. The third-order valence-corrected chi connectivity index (χ3v) is 2.73. The number of carbonyl (C=O) groups excluding carboxylic acids is 2. The van der Waals surface area contributed by atoms with Crippen LogP contribution in [-0.2, 0) is 4.79 Å². The predicted molar refractivity (Wildman–Crippen MR) is 66.8 cm³/mol. The van der Waals surface area contributed by atoms with Gasteiger partial charge in [0.1, 0.15) is 11.7 Å². The summed E-state index contributed by atoms with van der Waals surface area (Å²) >= 11 is 0. The normalized spacial score (nSPS) is 11.5. The third-order valence-electron chi connectivity index (χ3n) is 2.73. The van der Waals surface area contributed by atoms with Gasteiger partial charge in [-0.05, 0) is 19.1 Å². The summed E-state index contributed by atoms with van der Waals surface area (Å²) < 4.78 is 0. The van der Waals surface area contributed by atoms with Crippen molar-refractivity contribution in [2.24, 2.45) is 0 Å². The van der Waals surface area contributed by atoms with Crippen LogP contribution < -0.4 is 5.32 Å². The van der Waals surface area contributed by atoms with Gasteiger partial charge in [0, 0.05) is 20.3 Å². The minimum absolute atomic E-state index is 0.188. The molecular weight excluding hydrogens is 250 g/mol. The number of rotatable bonds is 4. The van der Waals surface area contributed by atoms with Crippen LogP contribution in [0.1, 0.15) is 27.8 Å². The Morgan fingerprint density at radius 1 is 1.37 bits per heavy atom. The molecule has 0 aromatic carbocycles. The zero-order valence-electron chi connectivity index (χ0n) is 10.9. The second-order valence-corrected chi connectivity index (χ2v) is 3.94. The van der Waals surface area contributed by atoms with Gasteiger partial charge in [-0.25, -0.2) is 4.79 Å². The first-order valence-corrected chi connectivity index (χ1v) is 5.56. The number of aromatic nitrogens is 1. The van der Waals surface area contributed by atoms with Crippen LogP contribution >= 0.6 is 0 Å². The van der Waals surface area contributed by atoms with Crippen molar-refractivity contribution in [2.75, 3.05) is 14.1 Å². The molecular formula is C12H15N3O4. The summed E-state index contributed by atoms with van der Waals surface area (Å²) in [7, 11) is 2.87. The van der Waals surface area contributed by atoms with Gasteiger partial charge in [0.25, 0.3) is 11.8 Å². The topological polar surface area (TPSA) is 99.6 Å². The molecule has 102 valence electrons. The largest absolute Gasteiger partial charge is 0.480 e. The van der Waals surface area contributed by atoms with E-state index in [4.69, 9.17) is 5.11 Å². The lowest BCUT2D eigenvalue weighted by molar-refractivity contribution is -0.141. The minimum atomic E-state index is -1.09. The molecule has 7 nitrogen and oxygen atoms in total.